The summed E-state index contributed by atoms with van der Waals surface area (Å²) in [4.78, 5) is 77.9. The average molecular weight is 749 g/mol. The Morgan fingerprint density at radius 2 is 1.61 bits per heavy atom. The van der Waals surface area contributed by atoms with Crippen LogP contribution in [0.1, 0.15) is 78.9 Å². The lowest BCUT2D eigenvalue weighted by Gasteiger charge is -2.31. The first-order valence-electron chi connectivity index (χ1n) is 17.9. The summed E-state index contributed by atoms with van der Waals surface area (Å²) in [6.07, 6.45) is 3.25. The molecule has 1 saturated carbocycles. The zero-order chi connectivity index (χ0) is 39.2. The van der Waals surface area contributed by atoms with E-state index in [1.54, 1.807) is 44.2 Å². The molecular formula is C36H48N10O8. The molecule has 54 heavy (non-hydrogen) atoms. The molecule has 0 saturated heterocycles. The first kappa shape index (κ1) is 41.0. The van der Waals surface area contributed by atoms with Crippen LogP contribution in [0.15, 0.2) is 54.6 Å². The molecule has 0 aliphatic heterocycles. The van der Waals surface area contributed by atoms with Gasteiger partial charge in [0.15, 0.2) is 6.10 Å². The molecule has 18 nitrogen and oxygen atoms in total. The normalized spacial score (nSPS) is 15.9. The lowest BCUT2D eigenvalue weighted by atomic mass is 9.84. The lowest BCUT2D eigenvalue weighted by Crippen LogP contribution is -2.60. The third-order valence-electron chi connectivity index (χ3n) is 9.21. The van der Waals surface area contributed by atoms with Crippen LogP contribution in [-0.4, -0.2) is 103 Å². The Labute approximate surface area is 311 Å². The number of carboxylic acids is 1. The average Bonchev–Trinajstić information content (AvgIpc) is 3.71. The minimum atomic E-state index is -1.78. The van der Waals surface area contributed by atoms with Crippen molar-refractivity contribution in [2.75, 3.05) is 11.9 Å². The maximum absolute atomic E-state index is 14.1. The van der Waals surface area contributed by atoms with Gasteiger partial charge in [0, 0.05) is 12.2 Å². The molecule has 0 radical (unpaired) electrons. The standard InChI is InChI=1S/C36H48N10O8/c1-20(2)28(42-31(48)25(37)19-38-35(52)30-43-45-46-44-30)33(50)41-27(17-22-12-7-4-8-13-22)32(49)40-26(16-21-10-5-3-6-11-21)29(47)34(51)39-24-15-9-14-23(18-24)36(53)54/h3,5-6,9-11,14-15,18,20,22,25-29,47H,4,7-8,12-13,16-17,19,37H2,1-2H3,(H,38,52)(H,39,51)(H,40,49)(H,41,50)(H,42,48)(H,53,54)(H,43,44,45,46)/t25-,26-,27-,28-,29+/m0/s1. The van der Waals surface area contributed by atoms with E-state index in [1.165, 1.54) is 24.3 Å². The lowest BCUT2D eigenvalue weighted by molar-refractivity contribution is -0.134. The summed E-state index contributed by atoms with van der Waals surface area (Å²) in [5, 5.41) is 46.3. The van der Waals surface area contributed by atoms with E-state index in [1.807, 2.05) is 0 Å². The van der Waals surface area contributed by atoms with E-state index in [0.29, 0.717) is 5.56 Å². The second-order valence-corrected chi connectivity index (χ2v) is 13.7. The highest BCUT2D eigenvalue weighted by molar-refractivity contribution is 5.97. The van der Waals surface area contributed by atoms with Gasteiger partial charge in [-0.1, -0.05) is 82.3 Å². The van der Waals surface area contributed by atoms with Crippen molar-refractivity contribution in [2.45, 2.75) is 89.1 Å². The number of hydrogen-bond donors (Lipinski definition) is 9. The Hall–Kier alpha value is -5.75. The van der Waals surface area contributed by atoms with E-state index in [9.17, 15) is 39.0 Å². The number of aliphatic hydroxyl groups is 1. The molecule has 1 aliphatic rings. The number of aliphatic hydroxyl groups excluding tert-OH is 1. The highest BCUT2D eigenvalue weighted by Crippen LogP contribution is 2.28. The van der Waals surface area contributed by atoms with E-state index >= 15 is 0 Å². The zero-order valence-corrected chi connectivity index (χ0v) is 30.2. The van der Waals surface area contributed by atoms with Gasteiger partial charge in [-0.2, -0.15) is 0 Å². The number of tetrazole rings is 1. The Morgan fingerprint density at radius 1 is 0.889 bits per heavy atom. The summed E-state index contributed by atoms with van der Waals surface area (Å²) in [6.45, 7) is 3.14. The van der Waals surface area contributed by atoms with E-state index in [0.717, 1.165) is 32.1 Å². The molecule has 3 aromatic rings. The van der Waals surface area contributed by atoms with Crippen LogP contribution < -0.4 is 32.3 Å². The highest BCUT2D eigenvalue weighted by Gasteiger charge is 2.35. The molecule has 0 unspecified atom stereocenters. The molecule has 1 fully saturated rings. The fourth-order valence-electron chi connectivity index (χ4n) is 6.20. The van der Waals surface area contributed by atoms with E-state index in [2.05, 4.69) is 47.2 Å². The number of benzene rings is 2. The van der Waals surface area contributed by atoms with Crippen molar-refractivity contribution in [3.05, 3.63) is 71.5 Å². The number of H-pyrrole nitrogens is 1. The van der Waals surface area contributed by atoms with Gasteiger partial charge in [-0.25, -0.2) is 9.89 Å². The van der Waals surface area contributed by atoms with Crippen molar-refractivity contribution in [1.82, 2.24) is 41.9 Å². The number of rotatable bonds is 18. The Morgan fingerprint density at radius 3 is 2.26 bits per heavy atom. The third-order valence-corrected chi connectivity index (χ3v) is 9.21. The molecule has 0 spiro atoms. The minimum absolute atomic E-state index is 0.0481. The van der Waals surface area contributed by atoms with Crippen molar-refractivity contribution >= 4 is 41.2 Å². The largest absolute Gasteiger partial charge is 0.478 e. The van der Waals surface area contributed by atoms with Crippen LogP contribution in [0.25, 0.3) is 0 Å². The van der Waals surface area contributed by atoms with E-state index in [4.69, 9.17) is 5.73 Å². The summed E-state index contributed by atoms with van der Waals surface area (Å²) < 4.78 is 0. The monoisotopic (exact) mass is 748 g/mol. The molecule has 1 aromatic heterocycles. The topological polar surface area (TPSA) is 284 Å². The molecule has 5 amide bonds. The predicted molar refractivity (Wildman–Crippen MR) is 194 cm³/mol. The quantitative estimate of drug-likeness (QED) is 0.0848. The van der Waals surface area contributed by atoms with Crippen molar-refractivity contribution < 1.29 is 39.0 Å². The van der Waals surface area contributed by atoms with Gasteiger partial charge in [-0.3, -0.25) is 24.0 Å². The van der Waals surface area contributed by atoms with Gasteiger partial charge in [0.1, 0.15) is 18.1 Å². The molecular weight excluding hydrogens is 700 g/mol. The van der Waals surface area contributed by atoms with Gasteiger partial charge in [-0.15, -0.1) is 5.10 Å². The van der Waals surface area contributed by atoms with Crippen LogP contribution in [-0.2, 0) is 25.6 Å². The van der Waals surface area contributed by atoms with Crippen LogP contribution >= 0.6 is 0 Å². The van der Waals surface area contributed by atoms with Crippen LogP contribution in [0, 0.1) is 11.8 Å². The number of amides is 5. The number of carbonyl (C=O) groups is 6. The summed E-state index contributed by atoms with van der Waals surface area (Å²) in [6, 6.07) is 9.83. The van der Waals surface area contributed by atoms with Crippen LogP contribution in [0.4, 0.5) is 5.69 Å². The van der Waals surface area contributed by atoms with E-state index < -0.39 is 71.7 Å². The number of aromatic carboxylic acids is 1. The summed E-state index contributed by atoms with van der Waals surface area (Å²) >= 11 is 0. The maximum Gasteiger partial charge on any atom is 0.335 e. The molecule has 2 aromatic carbocycles. The Balaban J connectivity index is 1.50. The van der Waals surface area contributed by atoms with Crippen molar-refractivity contribution in [2.24, 2.45) is 17.6 Å². The van der Waals surface area contributed by atoms with Gasteiger partial charge < -0.3 is 42.5 Å². The molecule has 4 rings (SSSR count). The summed E-state index contributed by atoms with van der Waals surface area (Å²) in [5.41, 5.74) is 6.80. The second-order valence-electron chi connectivity index (χ2n) is 13.7. The molecule has 0 bridgehead atoms. The molecule has 18 heteroatoms. The summed E-state index contributed by atoms with van der Waals surface area (Å²) in [5.74, 6) is -5.25. The number of aromatic nitrogens is 4. The van der Waals surface area contributed by atoms with Crippen LogP contribution in [0.2, 0.25) is 0 Å². The number of aromatic amines is 1. The first-order chi connectivity index (χ1) is 25.8. The van der Waals surface area contributed by atoms with Crippen molar-refractivity contribution in [3.63, 3.8) is 0 Å². The Bertz CT molecular complexity index is 1730. The number of anilines is 1. The molecule has 1 aliphatic carbocycles. The van der Waals surface area contributed by atoms with Gasteiger partial charge in [-0.05, 0) is 58.9 Å². The number of nitrogens with zero attached hydrogens (tertiary/aromatic N) is 3. The fourth-order valence-corrected chi connectivity index (χ4v) is 6.20. The van der Waals surface area contributed by atoms with E-state index in [-0.39, 0.29) is 42.4 Å². The van der Waals surface area contributed by atoms with Gasteiger partial charge in [0.2, 0.25) is 23.5 Å². The van der Waals surface area contributed by atoms with Crippen molar-refractivity contribution in [3.8, 4) is 0 Å². The van der Waals surface area contributed by atoms with Crippen molar-refractivity contribution in [1.29, 1.82) is 0 Å². The number of nitrogens with one attached hydrogen (secondary N) is 6. The maximum atomic E-state index is 14.1. The molecule has 1 heterocycles. The van der Waals surface area contributed by atoms with Crippen LogP contribution in [0.3, 0.4) is 0 Å². The third kappa shape index (κ3) is 12.2. The number of carboxylic acid groups (broad SMARTS) is 1. The highest BCUT2D eigenvalue weighted by atomic mass is 16.4. The second kappa shape index (κ2) is 19.9. The van der Waals surface area contributed by atoms with Gasteiger partial charge >= 0.3 is 5.97 Å². The van der Waals surface area contributed by atoms with Crippen LogP contribution in [0.5, 0.6) is 0 Å². The number of carbonyl (C=O) groups excluding carboxylic acids is 5. The number of nitrogens with two attached hydrogens (primary N) is 1. The number of hydrogen-bond acceptors (Lipinski definition) is 11. The SMILES string of the molecule is CC(C)[C@H](NC(=O)[C@@H](N)CNC(=O)c1nnn[nH]1)C(=O)N[C@@H](CC1CCCCC1)C(=O)N[C@@H](Cc1ccccc1)[C@@H](O)C(=O)Nc1cccc(C(=O)O)c1. The Kier molecular flexibility index (Phi) is 15.1. The summed E-state index contributed by atoms with van der Waals surface area (Å²) in [7, 11) is 0. The first-order valence-corrected chi connectivity index (χ1v) is 17.9. The molecule has 5 atom stereocenters. The fraction of sp³-hybridized carbons (Fsp3) is 0.472. The molecule has 10 N–H and O–H groups in total. The van der Waals surface area contributed by atoms with Gasteiger partial charge in [0.25, 0.3) is 11.8 Å². The minimum Gasteiger partial charge on any atom is -0.478 e. The smallest absolute Gasteiger partial charge is 0.335 e. The van der Waals surface area contributed by atoms with Gasteiger partial charge in [0.05, 0.1) is 11.6 Å². The molecule has 290 valence electrons. The zero-order valence-electron chi connectivity index (χ0n) is 30.2. The predicted octanol–water partition coefficient (Wildman–Crippen LogP) is 0.278.